The van der Waals surface area contributed by atoms with Crippen LogP contribution in [0.2, 0.25) is 0 Å². The summed E-state index contributed by atoms with van der Waals surface area (Å²) >= 11 is 4.49. The van der Waals surface area contributed by atoms with Gasteiger partial charge in [0.2, 0.25) is 0 Å². The molecule has 0 amide bonds. The second-order valence-electron chi connectivity index (χ2n) is 3.17. The maximum atomic E-state index is 4.49. The molecule has 0 saturated heterocycles. The van der Waals surface area contributed by atoms with E-state index in [-0.39, 0.29) is 0 Å². The lowest BCUT2D eigenvalue weighted by atomic mass is 9.92. The van der Waals surface area contributed by atoms with Gasteiger partial charge < -0.3 is 0 Å². The van der Waals surface area contributed by atoms with Gasteiger partial charge in [-0.15, -0.1) is 0 Å². The molecule has 0 nitrogen and oxygen atoms in total. The van der Waals surface area contributed by atoms with E-state index in [0.29, 0.717) is 5.25 Å². The van der Waals surface area contributed by atoms with Crippen LogP contribution in [0.1, 0.15) is 31.4 Å². The van der Waals surface area contributed by atoms with Crippen LogP contribution in [0, 0.1) is 0 Å². The van der Waals surface area contributed by atoms with Gasteiger partial charge in [0.1, 0.15) is 0 Å². The van der Waals surface area contributed by atoms with Crippen molar-refractivity contribution in [3.05, 3.63) is 35.4 Å². The molecule has 0 fully saturated rings. The number of hydrogen-bond acceptors (Lipinski definition) is 1. The summed E-state index contributed by atoms with van der Waals surface area (Å²) in [7, 11) is 0. The van der Waals surface area contributed by atoms with E-state index in [9.17, 15) is 0 Å². The van der Waals surface area contributed by atoms with Crippen LogP contribution < -0.4 is 0 Å². The topological polar surface area (TPSA) is 0 Å². The molecule has 0 aliphatic heterocycles. The predicted octanol–water partition coefficient (Wildman–Crippen LogP) is 3.50. The highest BCUT2D eigenvalue weighted by molar-refractivity contribution is 7.80. The van der Waals surface area contributed by atoms with E-state index in [0.717, 1.165) is 6.42 Å². The van der Waals surface area contributed by atoms with Crippen molar-refractivity contribution < 1.29 is 0 Å². The average molecular weight is 194 g/mol. The molecule has 1 heteroatoms. The van der Waals surface area contributed by atoms with Crippen molar-refractivity contribution in [1.82, 2.24) is 0 Å². The average Bonchev–Trinajstić information content (AvgIpc) is 2.21. The normalized spacial score (nSPS) is 19.8. The number of hydrogen-bond donors (Lipinski definition) is 1. The molecule has 1 aromatic carbocycles. The molecular formula is C12H18S. The molecule has 0 bridgehead atoms. The molecule has 0 radical (unpaired) electrons. The summed E-state index contributed by atoms with van der Waals surface area (Å²) in [6.07, 6.45) is 3.60. The van der Waals surface area contributed by atoms with Crippen LogP contribution in [-0.4, -0.2) is 5.25 Å². The fourth-order valence-electron chi connectivity index (χ4n) is 1.68. The number of thiol groups is 1. The molecule has 0 heterocycles. The van der Waals surface area contributed by atoms with Crippen molar-refractivity contribution in [2.75, 3.05) is 0 Å². The summed E-state index contributed by atoms with van der Waals surface area (Å²) < 4.78 is 0. The smallest absolute Gasteiger partial charge is 0.00604 e. The molecular weight excluding hydrogens is 176 g/mol. The minimum atomic E-state index is 0.588. The zero-order valence-electron chi connectivity index (χ0n) is 8.46. The van der Waals surface area contributed by atoms with Gasteiger partial charge in [0.05, 0.1) is 0 Å². The Kier molecular flexibility index (Phi) is 4.37. The number of aryl methyl sites for hydroxylation is 1. The number of fused-ring (bicyclic) bond motifs is 1. The van der Waals surface area contributed by atoms with Crippen LogP contribution in [-0.2, 0) is 12.8 Å². The third-order valence-electron chi connectivity index (χ3n) is 2.32. The minimum absolute atomic E-state index is 0.588. The van der Waals surface area contributed by atoms with Crippen molar-refractivity contribution >= 4 is 12.6 Å². The van der Waals surface area contributed by atoms with Crippen LogP contribution in [0.25, 0.3) is 0 Å². The summed E-state index contributed by atoms with van der Waals surface area (Å²) in [5.41, 5.74) is 3.02. The first-order valence-electron chi connectivity index (χ1n) is 5.11. The monoisotopic (exact) mass is 194 g/mol. The Morgan fingerprint density at radius 2 is 1.77 bits per heavy atom. The quantitative estimate of drug-likeness (QED) is 0.600. The highest BCUT2D eigenvalue weighted by Crippen LogP contribution is 2.23. The summed E-state index contributed by atoms with van der Waals surface area (Å²) in [5.74, 6) is 0. The van der Waals surface area contributed by atoms with Crippen molar-refractivity contribution in [3.63, 3.8) is 0 Å². The first kappa shape index (κ1) is 10.6. The molecule has 1 aromatic rings. The molecule has 0 aromatic heterocycles. The minimum Gasteiger partial charge on any atom is -0.176 e. The Morgan fingerprint density at radius 1 is 1.15 bits per heavy atom. The SMILES string of the molecule is CC.SC1CCc2ccccc2C1. The van der Waals surface area contributed by atoms with Gasteiger partial charge in [-0.05, 0) is 30.4 Å². The lowest BCUT2D eigenvalue weighted by Gasteiger charge is -2.19. The first-order chi connectivity index (χ1) is 6.36. The molecule has 1 aliphatic carbocycles. The third-order valence-corrected chi connectivity index (χ3v) is 2.76. The highest BCUT2D eigenvalue weighted by Gasteiger charge is 2.13. The summed E-state index contributed by atoms with van der Waals surface area (Å²) in [4.78, 5) is 0. The number of benzene rings is 1. The van der Waals surface area contributed by atoms with Crippen LogP contribution in [0.5, 0.6) is 0 Å². The molecule has 1 unspecified atom stereocenters. The van der Waals surface area contributed by atoms with Gasteiger partial charge in [-0.25, -0.2) is 0 Å². The van der Waals surface area contributed by atoms with Crippen molar-refractivity contribution in [1.29, 1.82) is 0 Å². The molecule has 2 rings (SSSR count). The second-order valence-corrected chi connectivity index (χ2v) is 3.90. The standard InChI is InChI=1S/C10H12S.C2H6/c11-10-6-5-8-3-1-2-4-9(8)7-10;1-2/h1-4,10-11H,5-7H2;1-2H3. The molecule has 72 valence electrons. The second kappa shape index (κ2) is 5.33. The van der Waals surface area contributed by atoms with Crippen LogP contribution >= 0.6 is 12.6 Å². The van der Waals surface area contributed by atoms with Gasteiger partial charge in [-0.1, -0.05) is 38.1 Å². The Bertz CT molecular complexity index is 255. The number of rotatable bonds is 0. The Balaban J connectivity index is 0.000000396. The molecule has 0 N–H and O–H groups in total. The van der Waals surface area contributed by atoms with Gasteiger partial charge in [0, 0.05) is 5.25 Å². The Hall–Kier alpha value is -0.430. The first-order valence-corrected chi connectivity index (χ1v) is 5.63. The Morgan fingerprint density at radius 3 is 2.46 bits per heavy atom. The lowest BCUT2D eigenvalue weighted by molar-refractivity contribution is 0.706. The van der Waals surface area contributed by atoms with E-state index in [1.165, 1.54) is 24.0 Å². The Labute approximate surface area is 86.8 Å². The largest absolute Gasteiger partial charge is 0.176 e. The van der Waals surface area contributed by atoms with E-state index in [1.54, 1.807) is 0 Å². The van der Waals surface area contributed by atoms with E-state index >= 15 is 0 Å². The maximum Gasteiger partial charge on any atom is 0.00604 e. The fourth-order valence-corrected chi connectivity index (χ4v) is 2.00. The van der Waals surface area contributed by atoms with Gasteiger partial charge in [0.15, 0.2) is 0 Å². The van der Waals surface area contributed by atoms with E-state index < -0.39 is 0 Å². The summed E-state index contributed by atoms with van der Waals surface area (Å²) in [6, 6.07) is 8.69. The molecule has 0 spiro atoms. The highest BCUT2D eigenvalue weighted by atomic mass is 32.1. The van der Waals surface area contributed by atoms with E-state index in [1.807, 2.05) is 13.8 Å². The van der Waals surface area contributed by atoms with E-state index in [2.05, 4.69) is 36.9 Å². The van der Waals surface area contributed by atoms with Gasteiger partial charge >= 0.3 is 0 Å². The summed E-state index contributed by atoms with van der Waals surface area (Å²) in [5, 5.41) is 0.588. The zero-order chi connectivity index (χ0) is 9.68. The van der Waals surface area contributed by atoms with Crippen molar-refractivity contribution in [2.45, 2.75) is 38.4 Å². The lowest BCUT2D eigenvalue weighted by Crippen LogP contribution is -2.13. The van der Waals surface area contributed by atoms with Crippen LogP contribution in [0.3, 0.4) is 0 Å². The van der Waals surface area contributed by atoms with Gasteiger partial charge in [0.25, 0.3) is 0 Å². The van der Waals surface area contributed by atoms with Crippen LogP contribution in [0.15, 0.2) is 24.3 Å². The van der Waals surface area contributed by atoms with Crippen molar-refractivity contribution in [3.8, 4) is 0 Å². The van der Waals surface area contributed by atoms with Gasteiger partial charge in [-0.2, -0.15) is 12.6 Å². The van der Waals surface area contributed by atoms with Crippen LogP contribution in [0.4, 0.5) is 0 Å². The fraction of sp³-hybridized carbons (Fsp3) is 0.500. The molecule has 1 atom stereocenters. The summed E-state index contributed by atoms with van der Waals surface area (Å²) in [6.45, 7) is 4.00. The van der Waals surface area contributed by atoms with E-state index in [4.69, 9.17) is 0 Å². The molecule has 1 aliphatic rings. The zero-order valence-corrected chi connectivity index (χ0v) is 9.35. The van der Waals surface area contributed by atoms with Gasteiger partial charge in [-0.3, -0.25) is 0 Å². The third kappa shape index (κ3) is 2.77. The molecule has 0 saturated carbocycles. The molecule has 13 heavy (non-hydrogen) atoms. The van der Waals surface area contributed by atoms with Crippen molar-refractivity contribution in [2.24, 2.45) is 0 Å². The predicted molar refractivity (Wildman–Crippen MR) is 62.6 cm³/mol. The maximum absolute atomic E-state index is 4.49.